The summed E-state index contributed by atoms with van der Waals surface area (Å²) in [5.41, 5.74) is 0.536. The normalized spacial score (nSPS) is 10.8. The lowest BCUT2D eigenvalue weighted by Crippen LogP contribution is -2.15. The Kier molecular flexibility index (Phi) is 3.71. The summed E-state index contributed by atoms with van der Waals surface area (Å²) in [5.74, 6) is 0.297. The first kappa shape index (κ1) is 12.0. The molecule has 90 valence electrons. The maximum Gasteiger partial charge on any atom is 0.164 e. The highest BCUT2D eigenvalue weighted by Crippen LogP contribution is 2.17. The zero-order valence-corrected chi connectivity index (χ0v) is 10.1. The molecular formula is C11H12ClFN4. The molecule has 4 nitrogen and oxygen atoms in total. The molecule has 2 rings (SSSR count). The molecule has 1 N–H and O–H groups in total. The molecule has 0 bridgehead atoms. The van der Waals surface area contributed by atoms with Gasteiger partial charge in [-0.3, -0.25) is 4.68 Å². The Hall–Kier alpha value is -1.46. The van der Waals surface area contributed by atoms with Crippen LogP contribution in [0.15, 0.2) is 24.5 Å². The van der Waals surface area contributed by atoms with Crippen molar-refractivity contribution in [1.82, 2.24) is 20.1 Å². The van der Waals surface area contributed by atoms with E-state index in [1.807, 2.05) is 0 Å². The van der Waals surface area contributed by atoms with Gasteiger partial charge in [0, 0.05) is 19.2 Å². The van der Waals surface area contributed by atoms with Crippen LogP contribution in [-0.4, -0.2) is 14.8 Å². The van der Waals surface area contributed by atoms with Gasteiger partial charge in [-0.25, -0.2) is 9.37 Å². The number of rotatable bonds is 4. The molecule has 0 fully saturated rings. The number of hydrogen-bond acceptors (Lipinski definition) is 3. The predicted molar refractivity (Wildman–Crippen MR) is 63.0 cm³/mol. The van der Waals surface area contributed by atoms with Crippen molar-refractivity contribution in [3.8, 4) is 0 Å². The summed E-state index contributed by atoms with van der Waals surface area (Å²) >= 11 is 5.68. The van der Waals surface area contributed by atoms with Gasteiger partial charge in [0.05, 0.1) is 11.6 Å². The first-order valence-electron chi connectivity index (χ1n) is 5.15. The van der Waals surface area contributed by atoms with E-state index in [0.29, 0.717) is 24.5 Å². The van der Waals surface area contributed by atoms with Crippen molar-refractivity contribution in [3.63, 3.8) is 0 Å². The number of aryl methyl sites for hydroxylation is 1. The van der Waals surface area contributed by atoms with Crippen LogP contribution in [0.3, 0.4) is 0 Å². The summed E-state index contributed by atoms with van der Waals surface area (Å²) in [6, 6.07) is 4.95. The lowest BCUT2D eigenvalue weighted by Gasteiger charge is -2.05. The fraction of sp³-hybridized carbons (Fsp3) is 0.273. The quantitative estimate of drug-likeness (QED) is 0.906. The molecule has 6 heteroatoms. The molecular weight excluding hydrogens is 243 g/mol. The van der Waals surface area contributed by atoms with Gasteiger partial charge >= 0.3 is 0 Å². The maximum atomic E-state index is 13.5. The van der Waals surface area contributed by atoms with Crippen LogP contribution < -0.4 is 5.32 Å². The lowest BCUT2D eigenvalue weighted by atomic mass is 10.2. The number of aromatic nitrogens is 3. The molecule has 0 amide bonds. The average molecular weight is 255 g/mol. The third-order valence-corrected chi connectivity index (χ3v) is 2.57. The highest BCUT2D eigenvalue weighted by molar-refractivity contribution is 6.30. The van der Waals surface area contributed by atoms with Crippen LogP contribution in [0, 0.1) is 5.82 Å². The molecule has 2 aromatic rings. The standard InChI is InChI=1S/C11H12ClFN4/c1-17-7-15-10(16-17)6-14-5-8-3-2-4-9(12)11(8)13/h2-4,7,14H,5-6H2,1H3. The minimum atomic E-state index is -0.379. The van der Waals surface area contributed by atoms with Crippen LogP contribution in [0.25, 0.3) is 0 Å². The van der Waals surface area contributed by atoms with Gasteiger partial charge in [-0.2, -0.15) is 5.10 Å². The van der Waals surface area contributed by atoms with Crippen LogP contribution in [0.5, 0.6) is 0 Å². The van der Waals surface area contributed by atoms with Gasteiger partial charge in [-0.1, -0.05) is 23.7 Å². The number of halogens is 2. The second kappa shape index (κ2) is 5.25. The third kappa shape index (κ3) is 3.01. The van der Waals surface area contributed by atoms with E-state index in [1.54, 1.807) is 30.2 Å². The van der Waals surface area contributed by atoms with Crippen molar-refractivity contribution < 1.29 is 4.39 Å². The minimum Gasteiger partial charge on any atom is -0.306 e. The molecule has 1 aromatic carbocycles. The smallest absolute Gasteiger partial charge is 0.164 e. The molecule has 0 unspecified atom stereocenters. The molecule has 0 aliphatic rings. The van der Waals surface area contributed by atoms with Crippen molar-refractivity contribution in [2.45, 2.75) is 13.1 Å². The number of nitrogens with zero attached hydrogens (tertiary/aromatic N) is 3. The molecule has 1 heterocycles. The molecule has 0 aliphatic heterocycles. The van der Waals surface area contributed by atoms with Crippen LogP contribution in [0.1, 0.15) is 11.4 Å². The van der Waals surface area contributed by atoms with E-state index >= 15 is 0 Å². The van der Waals surface area contributed by atoms with E-state index in [9.17, 15) is 4.39 Å². The molecule has 0 saturated heterocycles. The third-order valence-electron chi connectivity index (χ3n) is 2.28. The lowest BCUT2D eigenvalue weighted by molar-refractivity contribution is 0.581. The topological polar surface area (TPSA) is 42.7 Å². The van der Waals surface area contributed by atoms with Crippen molar-refractivity contribution in [2.24, 2.45) is 7.05 Å². The van der Waals surface area contributed by atoms with Gasteiger partial charge in [0.2, 0.25) is 0 Å². The minimum absolute atomic E-state index is 0.139. The molecule has 0 radical (unpaired) electrons. The zero-order valence-electron chi connectivity index (χ0n) is 9.32. The summed E-state index contributed by atoms with van der Waals surface area (Å²) in [7, 11) is 1.80. The van der Waals surface area contributed by atoms with Gasteiger partial charge in [-0.05, 0) is 6.07 Å². The van der Waals surface area contributed by atoms with Crippen molar-refractivity contribution in [2.75, 3.05) is 0 Å². The predicted octanol–water partition coefficient (Wildman–Crippen LogP) is 1.90. The summed E-state index contributed by atoms with van der Waals surface area (Å²) in [6.07, 6.45) is 1.62. The molecule has 0 aliphatic carbocycles. The molecule has 0 saturated carbocycles. The van der Waals surface area contributed by atoms with E-state index in [0.717, 1.165) is 0 Å². The SMILES string of the molecule is Cn1cnc(CNCc2cccc(Cl)c2F)n1. The van der Waals surface area contributed by atoms with Crippen LogP contribution in [-0.2, 0) is 20.1 Å². The highest BCUT2D eigenvalue weighted by atomic mass is 35.5. The second-order valence-corrected chi connectivity index (χ2v) is 4.06. The summed E-state index contributed by atoms with van der Waals surface area (Å²) < 4.78 is 15.1. The maximum absolute atomic E-state index is 13.5. The van der Waals surface area contributed by atoms with Gasteiger partial charge < -0.3 is 5.32 Å². The van der Waals surface area contributed by atoms with E-state index in [1.165, 1.54) is 6.07 Å². The van der Waals surface area contributed by atoms with Crippen LogP contribution in [0.2, 0.25) is 5.02 Å². The molecule has 1 aromatic heterocycles. The number of nitrogens with one attached hydrogen (secondary N) is 1. The van der Waals surface area contributed by atoms with E-state index in [2.05, 4.69) is 15.4 Å². The number of benzene rings is 1. The average Bonchev–Trinajstić information content (AvgIpc) is 2.70. The van der Waals surface area contributed by atoms with Gasteiger partial charge in [0.1, 0.15) is 12.1 Å². The van der Waals surface area contributed by atoms with Crippen molar-refractivity contribution in [3.05, 3.63) is 46.8 Å². The Morgan fingerprint density at radius 2 is 2.24 bits per heavy atom. The number of hydrogen-bond donors (Lipinski definition) is 1. The van der Waals surface area contributed by atoms with Gasteiger partial charge in [-0.15, -0.1) is 0 Å². The summed E-state index contributed by atoms with van der Waals surface area (Å²) in [4.78, 5) is 4.06. The summed E-state index contributed by atoms with van der Waals surface area (Å²) in [5, 5.41) is 7.31. The first-order chi connectivity index (χ1) is 8.16. The summed E-state index contributed by atoms with van der Waals surface area (Å²) in [6.45, 7) is 0.886. The fourth-order valence-electron chi connectivity index (χ4n) is 1.46. The van der Waals surface area contributed by atoms with E-state index in [-0.39, 0.29) is 10.8 Å². The van der Waals surface area contributed by atoms with Crippen molar-refractivity contribution in [1.29, 1.82) is 0 Å². The Labute approximate surface area is 103 Å². The second-order valence-electron chi connectivity index (χ2n) is 3.65. The van der Waals surface area contributed by atoms with Gasteiger partial charge in [0.25, 0.3) is 0 Å². The monoisotopic (exact) mass is 254 g/mol. The Bertz CT molecular complexity index is 512. The van der Waals surface area contributed by atoms with Gasteiger partial charge in [0.15, 0.2) is 5.82 Å². The van der Waals surface area contributed by atoms with Crippen molar-refractivity contribution >= 4 is 11.6 Å². The largest absolute Gasteiger partial charge is 0.306 e. The van der Waals surface area contributed by atoms with Crippen LogP contribution in [0.4, 0.5) is 4.39 Å². The zero-order chi connectivity index (χ0) is 12.3. The van der Waals surface area contributed by atoms with E-state index < -0.39 is 0 Å². The Balaban J connectivity index is 1.92. The Morgan fingerprint density at radius 3 is 2.94 bits per heavy atom. The van der Waals surface area contributed by atoms with Crippen LogP contribution >= 0.6 is 11.6 Å². The Morgan fingerprint density at radius 1 is 1.41 bits per heavy atom. The first-order valence-corrected chi connectivity index (χ1v) is 5.52. The molecule has 0 atom stereocenters. The molecule has 17 heavy (non-hydrogen) atoms. The fourth-order valence-corrected chi connectivity index (χ4v) is 1.65. The van der Waals surface area contributed by atoms with E-state index in [4.69, 9.17) is 11.6 Å². The highest BCUT2D eigenvalue weighted by Gasteiger charge is 2.06. The molecule has 0 spiro atoms.